The predicted molar refractivity (Wildman–Crippen MR) is 66.5 cm³/mol. The average molecular weight is 257 g/mol. The highest BCUT2D eigenvalue weighted by atomic mass is 16.6. The maximum absolute atomic E-state index is 12.0. The molecule has 2 aromatic heterocycles. The molecule has 0 spiro atoms. The Hall–Kier alpha value is -2.50. The summed E-state index contributed by atoms with van der Waals surface area (Å²) in [5.41, 5.74) is -0.354. The van der Waals surface area contributed by atoms with Gasteiger partial charge in [0, 0.05) is 18.0 Å². The highest BCUT2D eigenvalue weighted by Crippen LogP contribution is 2.33. The third kappa shape index (κ3) is 1.72. The molecule has 2 aromatic rings. The summed E-state index contributed by atoms with van der Waals surface area (Å²) in [6.45, 7) is 3.41. The number of pyridine rings is 1. The van der Waals surface area contributed by atoms with Crippen molar-refractivity contribution in [1.29, 1.82) is 0 Å². The Kier molecular flexibility index (Phi) is 2.28. The lowest BCUT2D eigenvalue weighted by Gasteiger charge is -2.16. The summed E-state index contributed by atoms with van der Waals surface area (Å²) in [4.78, 5) is 34.5. The van der Waals surface area contributed by atoms with Crippen molar-refractivity contribution in [2.45, 2.75) is 19.4 Å². The third-order valence-electron chi connectivity index (χ3n) is 2.98. The van der Waals surface area contributed by atoms with Gasteiger partial charge < -0.3 is 9.72 Å². The number of aromatic amines is 1. The Labute approximate surface area is 108 Å². The quantitative estimate of drug-likeness (QED) is 0.777. The number of carbonyl (C=O) groups is 1. The van der Waals surface area contributed by atoms with Crippen LogP contribution in [0.5, 0.6) is 0 Å². The molecule has 0 bridgehead atoms. The molecule has 1 aliphatic heterocycles. The molecule has 96 valence electrons. The number of nitrogens with one attached hydrogen (secondary N) is 1. The second-order valence-corrected chi connectivity index (χ2v) is 4.78. The molecule has 0 saturated carbocycles. The molecule has 1 N–H and O–H groups in total. The van der Waals surface area contributed by atoms with Crippen LogP contribution >= 0.6 is 0 Å². The van der Waals surface area contributed by atoms with Gasteiger partial charge in [0.25, 0.3) is 5.56 Å². The Balaban J connectivity index is 2.26. The fourth-order valence-corrected chi connectivity index (χ4v) is 2.07. The lowest BCUT2D eigenvalue weighted by Crippen LogP contribution is -2.21. The number of hydrogen-bond donors (Lipinski definition) is 1. The van der Waals surface area contributed by atoms with E-state index in [-0.39, 0.29) is 5.56 Å². The van der Waals surface area contributed by atoms with Crippen LogP contribution in [0.1, 0.15) is 29.9 Å². The number of cyclic esters (lactones) is 1. The van der Waals surface area contributed by atoms with Crippen molar-refractivity contribution in [3.05, 3.63) is 46.1 Å². The van der Waals surface area contributed by atoms with Gasteiger partial charge in [-0.25, -0.2) is 9.78 Å². The highest BCUT2D eigenvalue weighted by molar-refractivity contribution is 5.93. The zero-order valence-corrected chi connectivity index (χ0v) is 10.4. The minimum atomic E-state index is -0.891. The summed E-state index contributed by atoms with van der Waals surface area (Å²) in [6.07, 6.45) is 3.22. The number of rotatable bonds is 1. The smallest absolute Gasteiger partial charge is 0.346 e. The molecular formula is C13H11N3O3. The first-order chi connectivity index (χ1) is 8.99. The van der Waals surface area contributed by atoms with Crippen LogP contribution in [0.2, 0.25) is 0 Å². The molecule has 0 radical (unpaired) electrons. The van der Waals surface area contributed by atoms with E-state index in [1.807, 2.05) is 0 Å². The molecule has 0 aromatic carbocycles. The van der Waals surface area contributed by atoms with E-state index in [0.29, 0.717) is 17.1 Å². The minimum absolute atomic E-state index is 0.0161. The van der Waals surface area contributed by atoms with Crippen LogP contribution in [0.25, 0.3) is 11.4 Å². The number of carbonyl (C=O) groups excluding carboxylic acids is 1. The molecule has 0 unspecified atom stereocenters. The van der Waals surface area contributed by atoms with Gasteiger partial charge >= 0.3 is 5.97 Å². The van der Waals surface area contributed by atoms with Gasteiger partial charge in [0.2, 0.25) is 0 Å². The summed E-state index contributed by atoms with van der Waals surface area (Å²) in [7, 11) is 0. The predicted octanol–water partition coefficient (Wildman–Crippen LogP) is 1.24. The van der Waals surface area contributed by atoms with Crippen LogP contribution < -0.4 is 5.56 Å². The van der Waals surface area contributed by atoms with Crippen molar-refractivity contribution in [3.63, 3.8) is 0 Å². The topological polar surface area (TPSA) is 84.9 Å². The molecule has 1 aliphatic rings. The van der Waals surface area contributed by atoms with Crippen LogP contribution in [0.3, 0.4) is 0 Å². The molecule has 0 aliphatic carbocycles. The second-order valence-electron chi connectivity index (χ2n) is 4.78. The molecule has 0 saturated heterocycles. The van der Waals surface area contributed by atoms with Crippen molar-refractivity contribution in [3.8, 4) is 11.4 Å². The van der Waals surface area contributed by atoms with Gasteiger partial charge in [-0.3, -0.25) is 9.78 Å². The Bertz CT molecular complexity index is 720. The largest absolute Gasteiger partial charge is 0.449 e. The molecule has 0 amide bonds. The molecule has 19 heavy (non-hydrogen) atoms. The molecule has 0 fully saturated rings. The number of fused-ring (bicyclic) bond motifs is 1. The van der Waals surface area contributed by atoms with E-state index in [4.69, 9.17) is 4.74 Å². The van der Waals surface area contributed by atoms with Crippen LogP contribution in [0, 0.1) is 0 Å². The molecule has 0 atom stereocenters. The van der Waals surface area contributed by atoms with Crippen LogP contribution in [0.4, 0.5) is 0 Å². The lowest BCUT2D eigenvalue weighted by atomic mass is 10.0. The fourth-order valence-electron chi connectivity index (χ4n) is 2.07. The molecular weight excluding hydrogens is 246 g/mol. The summed E-state index contributed by atoms with van der Waals surface area (Å²) in [6, 6.07) is 3.53. The van der Waals surface area contributed by atoms with Crippen molar-refractivity contribution >= 4 is 5.97 Å². The van der Waals surface area contributed by atoms with Crippen molar-refractivity contribution in [2.24, 2.45) is 0 Å². The molecule has 6 nitrogen and oxygen atoms in total. The summed E-state index contributed by atoms with van der Waals surface area (Å²) >= 11 is 0. The Morgan fingerprint density at radius 3 is 2.79 bits per heavy atom. The van der Waals surface area contributed by atoms with E-state index < -0.39 is 17.1 Å². The second kappa shape index (κ2) is 3.74. The maximum Gasteiger partial charge on any atom is 0.346 e. The summed E-state index contributed by atoms with van der Waals surface area (Å²) in [5.74, 6) is -0.255. The Morgan fingerprint density at radius 2 is 2.11 bits per heavy atom. The van der Waals surface area contributed by atoms with Crippen molar-refractivity contribution < 1.29 is 9.53 Å². The standard InChI is InChI=1S/C13H11N3O3/c1-13(2)9-8(12(18)19-13)11(17)16-10(15-9)7-4-3-5-14-6-7/h3-6H,1-2H3,(H,15,16,17). The number of H-pyrrole nitrogens is 1. The zero-order chi connectivity index (χ0) is 13.6. The highest BCUT2D eigenvalue weighted by Gasteiger charge is 2.42. The molecule has 6 heteroatoms. The van der Waals surface area contributed by atoms with Gasteiger partial charge in [-0.15, -0.1) is 0 Å². The Morgan fingerprint density at radius 1 is 1.32 bits per heavy atom. The monoisotopic (exact) mass is 257 g/mol. The van der Waals surface area contributed by atoms with E-state index in [2.05, 4.69) is 15.0 Å². The molecule has 3 rings (SSSR count). The van der Waals surface area contributed by atoms with E-state index in [9.17, 15) is 9.59 Å². The third-order valence-corrected chi connectivity index (χ3v) is 2.98. The number of hydrogen-bond acceptors (Lipinski definition) is 5. The number of nitrogens with zero attached hydrogens (tertiary/aromatic N) is 2. The van der Waals surface area contributed by atoms with Gasteiger partial charge in [-0.1, -0.05) is 0 Å². The SMILES string of the molecule is CC1(C)OC(=O)c2c1nc(-c1cccnc1)[nH]c2=O. The van der Waals surface area contributed by atoms with Crippen LogP contribution in [-0.2, 0) is 10.3 Å². The van der Waals surface area contributed by atoms with Crippen LogP contribution in [-0.4, -0.2) is 20.9 Å². The first-order valence-electron chi connectivity index (χ1n) is 5.77. The first kappa shape index (κ1) is 11.6. The fraction of sp³-hybridized carbons (Fsp3) is 0.231. The van der Waals surface area contributed by atoms with Crippen molar-refractivity contribution in [1.82, 2.24) is 15.0 Å². The number of esters is 1. The van der Waals surface area contributed by atoms with Gasteiger partial charge in [-0.2, -0.15) is 0 Å². The van der Waals surface area contributed by atoms with E-state index in [1.54, 1.807) is 38.4 Å². The number of ether oxygens (including phenoxy) is 1. The van der Waals surface area contributed by atoms with Crippen molar-refractivity contribution in [2.75, 3.05) is 0 Å². The number of aromatic nitrogens is 3. The normalized spacial score (nSPS) is 16.0. The summed E-state index contributed by atoms with van der Waals surface area (Å²) in [5, 5.41) is 0. The first-order valence-corrected chi connectivity index (χ1v) is 5.77. The minimum Gasteiger partial charge on any atom is -0.449 e. The van der Waals surface area contributed by atoms with Crippen LogP contribution in [0.15, 0.2) is 29.3 Å². The van der Waals surface area contributed by atoms with E-state index in [1.165, 1.54) is 0 Å². The maximum atomic E-state index is 12.0. The van der Waals surface area contributed by atoms with Gasteiger partial charge in [0.1, 0.15) is 17.1 Å². The zero-order valence-electron chi connectivity index (χ0n) is 10.4. The molecule has 3 heterocycles. The average Bonchev–Trinajstić information content (AvgIpc) is 2.61. The van der Waals surface area contributed by atoms with E-state index in [0.717, 1.165) is 0 Å². The van der Waals surface area contributed by atoms with Gasteiger partial charge in [-0.05, 0) is 26.0 Å². The lowest BCUT2D eigenvalue weighted by molar-refractivity contribution is 0.00830. The van der Waals surface area contributed by atoms with E-state index >= 15 is 0 Å². The van der Waals surface area contributed by atoms with Gasteiger partial charge in [0.05, 0.1) is 0 Å². The summed E-state index contributed by atoms with van der Waals surface area (Å²) < 4.78 is 5.15. The van der Waals surface area contributed by atoms with Gasteiger partial charge in [0.15, 0.2) is 5.56 Å².